The van der Waals surface area contributed by atoms with Crippen molar-refractivity contribution in [1.82, 2.24) is 9.78 Å². The average Bonchev–Trinajstić information content (AvgIpc) is 2.84. The number of aromatic nitrogens is 2. The Kier molecular flexibility index (Phi) is 4.59. The van der Waals surface area contributed by atoms with Gasteiger partial charge in [0.15, 0.2) is 9.84 Å². The number of sulfone groups is 1. The SMILES string of the molecule is CON=C1CCS(=O)(=O)c2c(C)cc(C(=O)c3c(C)[nH]n(C)c3=O)c(C)c21. The van der Waals surface area contributed by atoms with Crippen molar-refractivity contribution in [2.75, 3.05) is 12.9 Å². The van der Waals surface area contributed by atoms with Gasteiger partial charge < -0.3 is 4.84 Å². The molecule has 27 heavy (non-hydrogen) atoms. The normalized spacial score (nSPS) is 17.0. The number of hydrogen-bond acceptors (Lipinski definition) is 6. The summed E-state index contributed by atoms with van der Waals surface area (Å²) >= 11 is 0. The van der Waals surface area contributed by atoms with Crippen LogP contribution in [-0.2, 0) is 21.7 Å². The van der Waals surface area contributed by atoms with Gasteiger partial charge in [0.2, 0.25) is 5.78 Å². The molecule has 0 saturated carbocycles. The third kappa shape index (κ3) is 2.91. The monoisotopic (exact) mass is 391 g/mol. The molecule has 1 aromatic heterocycles. The average molecular weight is 391 g/mol. The molecule has 8 nitrogen and oxygen atoms in total. The molecule has 0 radical (unpaired) electrons. The lowest BCUT2D eigenvalue weighted by Gasteiger charge is -2.23. The van der Waals surface area contributed by atoms with Crippen molar-refractivity contribution in [3.63, 3.8) is 0 Å². The summed E-state index contributed by atoms with van der Waals surface area (Å²) < 4.78 is 26.5. The fourth-order valence-corrected chi connectivity index (χ4v) is 5.42. The first-order valence-corrected chi connectivity index (χ1v) is 10.0. The zero-order valence-electron chi connectivity index (χ0n) is 15.8. The summed E-state index contributed by atoms with van der Waals surface area (Å²) in [6.45, 7) is 4.96. The van der Waals surface area contributed by atoms with Crippen molar-refractivity contribution in [2.24, 2.45) is 12.2 Å². The minimum Gasteiger partial charge on any atom is -0.399 e. The minimum atomic E-state index is -3.49. The van der Waals surface area contributed by atoms with Crippen molar-refractivity contribution in [2.45, 2.75) is 32.1 Å². The highest BCUT2D eigenvalue weighted by molar-refractivity contribution is 7.91. The first-order valence-electron chi connectivity index (χ1n) is 8.37. The van der Waals surface area contributed by atoms with E-state index in [1.165, 1.54) is 24.9 Å². The molecule has 3 rings (SSSR count). The Labute approximate surface area is 156 Å². The van der Waals surface area contributed by atoms with E-state index in [0.29, 0.717) is 28.1 Å². The first-order chi connectivity index (χ1) is 12.6. The Bertz CT molecular complexity index is 1150. The molecule has 0 aliphatic carbocycles. The van der Waals surface area contributed by atoms with Crippen molar-refractivity contribution in [1.29, 1.82) is 0 Å². The van der Waals surface area contributed by atoms with Gasteiger partial charge in [0.25, 0.3) is 5.56 Å². The molecule has 1 aliphatic rings. The van der Waals surface area contributed by atoms with E-state index in [0.717, 1.165) is 0 Å². The molecule has 0 fully saturated rings. The van der Waals surface area contributed by atoms with E-state index in [2.05, 4.69) is 10.3 Å². The zero-order valence-corrected chi connectivity index (χ0v) is 16.7. The van der Waals surface area contributed by atoms with Gasteiger partial charge in [0.1, 0.15) is 12.7 Å². The lowest BCUT2D eigenvalue weighted by atomic mass is 9.90. The summed E-state index contributed by atoms with van der Waals surface area (Å²) in [6.07, 6.45) is 0.200. The van der Waals surface area contributed by atoms with Crippen molar-refractivity contribution in [3.8, 4) is 0 Å². The van der Waals surface area contributed by atoms with Crippen LogP contribution in [0.2, 0.25) is 0 Å². The largest absolute Gasteiger partial charge is 0.399 e. The Morgan fingerprint density at radius 1 is 1.30 bits per heavy atom. The predicted molar refractivity (Wildman–Crippen MR) is 100 cm³/mol. The van der Waals surface area contributed by atoms with Crippen LogP contribution in [0.1, 0.15) is 44.7 Å². The maximum Gasteiger partial charge on any atom is 0.277 e. The van der Waals surface area contributed by atoms with Gasteiger partial charge in [-0.05, 0) is 38.0 Å². The Morgan fingerprint density at radius 2 is 1.96 bits per heavy atom. The fourth-order valence-electron chi connectivity index (χ4n) is 3.62. The summed E-state index contributed by atoms with van der Waals surface area (Å²) in [5.41, 5.74) is 2.17. The molecule has 0 atom stereocenters. The van der Waals surface area contributed by atoms with Gasteiger partial charge in [-0.1, -0.05) is 5.16 Å². The van der Waals surface area contributed by atoms with Crippen molar-refractivity contribution < 1.29 is 18.0 Å². The number of carbonyl (C=O) groups is 1. The summed E-state index contributed by atoms with van der Waals surface area (Å²) in [5, 5.41) is 6.78. The van der Waals surface area contributed by atoms with Gasteiger partial charge in [0.05, 0.1) is 16.4 Å². The lowest BCUT2D eigenvalue weighted by Crippen LogP contribution is -2.27. The number of aromatic amines is 1. The Morgan fingerprint density at radius 3 is 2.52 bits per heavy atom. The molecule has 1 aliphatic heterocycles. The minimum absolute atomic E-state index is 0.0452. The number of nitrogens with zero attached hydrogens (tertiary/aromatic N) is 2. The van der Waals surface area contributed by atoms with Gasteiger partial charge in [-0.2, -0.15) is 0 Å². The number of oxime groups is 1. The van der Waals surface area contributed by atoms with E-state index in [1.807, 2.05) is 0 Å². The van der Waals surface area contributed by atoms with Gasteiger partial charge in [-0.15, -0.1) is 0 Å². The fraction of sp³-hybridized carbons (Fsp3) is 0.389. The van der Waals surface area contributed by atoms with Gasteiger partial charge in [0, 0.05) is 30.3 Å². The molecular formula is C18H21N3O5S. The van der Waals surface area contributed by atoms with Gasteiger partial charge in [-0.3, -0.25) is 19.4 Å². The highest BCUT2D eigenvalue weighted by Crippen LogP contribution is 2.34. The van der Waals surface area contributed by atoms with Crippen LogP contribution in [0.3, 0.4) is 0 Å². The highest BCUT2D eigenvalue weighted by atomic mass is 32.2. The molecular weight excluding hydrogens is 370 g/mol. The van der Waals surface area contributed by atoms with Crippen LogP contribution < -0.4 is 5.56 Å². The van der Waals surface area contributed by atoms with Crippen molar-refractivity contribution >= 4 is 21.3 Å². The number of benzene rings is 1. The number of aryl methyl sites for hydroxylation is 3. The van der Waals surface area contributed by atoms with Crippen LogP contribution >= 0.6 is 0 Å². The molecule has 0 saturated heterocycles. The van der Waals surface area contributed by atoms with E-state index in [-0.39, 0.29) is 28.2 Å². The van der Waals surface area contributed by atoms with Crippen LogP contribution in [0.5, 0.6) is 0 Å². The molecule has 144 valence electrons. The van der Waals surface area contributed by atoms with E-state index < -0.39 is 21.2 Å². The quantitative estimate of drug-likeness (QED) is 0.628. The summed E-state index contributed by atoms with van der Waals surface area (Å²) in [5.74, 6) is -0.509. The smallest absolute Gasteiger partial charge is 0.277 e. The molecule has 0 bridgehead atoms. The van der Waals surface area contributed by atoms with Crippen LogP contribution in [0.15, 0.2) is 20.9 Å². The Hall–Kier alpha value is -2.68. The summed E-state index contributed by atoms with van der Waals surface area (Å²) in [7, 11) is -0.562. The van der Waals surface area contributed by atoms with E-state index in [9.17, 15) is 18.0 Å². The lowest BCUT2D eigenvalue weighted by molar-refractivity contribution is 0.103. The first kappa shape index (κ1) is 19.1. The molecule has 0 spiro atoms. The standard InChI is InChI=1S/C18H21N3O5S/c1-9-8-12(16(22)15-11(3)19-21(4)18(15)23)10(2)14-13(20-26-5)6-7-27(24,25)17(9)14/h8,19H,6-7H2,1-5H3. The second-order valence-corrected chi connectivity index (χ2v) is 8.71. The number of nitrogens with one attached hydrogen (secondary N) is 1. The molecule has 2 aromatic rings. The molecule has 0 amide bonds. The highest BCUT2D eigenvalue weighted by Gasteiger charge is 2.34. The van der Waals surface area contributed by atoms with Crippen LogP contribution in [-0.4, -0.2) is 42.6 Å². The van der Waals surface area contributed by atoms with E-state index in [1.54, 1.807) is 20.8 Å². The molecule has 2 heterocycles. The second-order valence-electron chi connectivity index (χ2n) is 6.66. The van der Waals surface area contributed by atoms with Gasteiger partial charge >= 0.3 is 0 Å². The van der Waals surface area contributed by atoms with E-state index >= 15 is 0 Å². The number of ketones is 1. The number of fused-ring (bicyclic) bond motifs is 1. The number of carbonyl (C=O) groups excluding carboxylic acids is 1. The number of hydrogen-bond donors (Lipinski definition) is 1. The molecule has 1 aromatic carbocycles. The molecule has 9 heteroatoms. The predicted octanol–water partition coefficient (Wildman–Crippen LogP) is 1.40. The van der Waals surface area contributed by atoms with Crippen LogP contribution in [0, 0.1) is 20.8 Å². The number of H-pyrrole nitrogens is 1. The van der Waals surface area contributed by atoms with Crippen LogP contribution in [0.4, 0.5) is 0 Å². The number of rotatable bonds is 3. The maximum absolute atomic E-state index is 13.1. The van der Waals surface area contributed by atoms with Crippen molar-refractivity contribution in [3.05, 3.63) is 49.9 Å². The summed E-state index contributed by atoms with van der Waals surface area (Å²) in [4.78, 5) is 30.5. The third-order valence-electron chi connectivity index (χ3n) is 4.83. The summed E-state index contributed by atoms with van der Waals surface area (Å²) in [6, 6.07) is 1.54. The molecule has 1 N–H and O–H groups in total. The molecule has 0 unspecified atom stereocenters. The third-order valence-corrected chi connectivity index (χ3v) is 6.72. The zero-order chi connectivity index (χ0) is 20.1. The Balaban J connectivity index is 2.34. The second kappa shape index (κ2) is 6.49. The topological polar surface area (TPSA) is 111 Å². The van der Waals surface area contributed by atoms with Gasteiger partial charge in [-0.25, -0.2) is 8.42 Å². The van der Waals surface area contributed by atoms with E-state index in [4.69, 9.17) is 4.84 Å². The maximum atomic E-state index is 13.1. The van der Waals surface area contributed by atoms with Crippen LogP contribution in [0.25, 0.3) is 0 Å².